The van der Waals surface area contributed by atoms with Gasteiger partial charge in [0.2, 0.25) is 0 Å². The van der Waals surface area contributed by atoms with Crippen molar-refractivity contribution in [3.05, 3.63) is 182 Å². The first-order valence-electron chi connectivity index (χ1n) is 18.0. The summed E-state index contributed by atoms with van der Waals surface area (Å²) in [4.78, 5) is 7.40. The van der Waals surface area contributed by atoms with Gasteiger partial charge in [-0.05, 0) is 89.0 Å². The van der Waals surface area contributed by atoms with Gasteiger partial charge in [0, 0.05) is 48.2 Å². The third kappa shape index (κ3) is 5.12. The molecule has 3 heterocycles. The van der Waals surface area contributed by atoms with Crippen LogP contribution in [0.1, 0.15) is 0 Å². The Kier molecular flexibility index (Phi) is 7.22. The minimum absolute atomic E-state index is 0.861. The summed E-state index contributed by atoms with van der Waals surface area (Å²) in [6, 6.07) is 64.9. The minimum atomic E-state index is 0.861. The quantitative estimate of drug-likeness (QED) is 0.171. The van der Waals surface area contributed by atoms with Gasteiger partial charge in [-0.1, -0.05) is 115 Å². The highest BCUT2D eigenvalue weighted by Crippen LogP contribution is 2.43. The maximum Gasteiger partial charge on any atom is 0.137 e. The summed E-state index contributed by atoms with van der Waals surface area (Å²) >= 11 is 3.59. The smallest absolute Gasteiger partial charge is 0.137 e. The SMILES string of the molecule is c1ccc(-c2nc3c(ccc4oc5cc(-c6ccc(N(c7ccccc7)c7ccc(-c8cccc9c8sc8ccccc89)cc7)cc6)ccc5c43)s2)cc1. The van der Waals surface area contributed by atoms with Crippen molar-refractivity contribution < 1.29 is 4.42 Å². The molecule has 0 aliphatic carbocycles. The summed E-state index contributed by atoms with van der Waals surface area (Å²) < 4.78 is 10.3. The van der Waals surface area contributed by atoms with Crippen molar-refractivity contribution in [1.29, 1.82) is 0 Å². The fourth-order valence-corrected chi connectivity index (χ4v) is 9.95. The van der Waals surface area contributed by atoms with Crippen LogP contribution >= 0.6 is 22.7 Å². The van der Waals surface area contributed by atoms with Crippen LogP contribution in [0.25, 0.3) is 85.2 Å². The Hall–Kier alpha value is -6.53. The molecule has 254 valence electrons. The molecule has 3 aromatic heterocycles. The topological polar surface area (TPSA) is 29.3 Å². The van der Waals surface area contributed by atoms with Crippen molar-refractivity contribution in [1.82, 2.24) is 4.98 Å². The van der Waals surface area contributed by atoms with Crippen LogP contribution in [-0.2, 0) is 0 Å². The molecule has 54 heavy (non-hydrogen) atoms. The molecular formula is C49H30N2OS2. The fraction of sp³-hybridized carbons (Fsp3) is 0. The molecule has 0 bridgehead atoms. The lowest BCUT2D eigenvalue weighted by Crippen LogP contribution is -2.09. The molecular weight excluding hydrogens is 697 g/mol. The standard InChI is InChI=1S/C49H30N2OS2/c1-3-10-33(11-4-1)49-50-47-45(54-49)29-28-42-46(47)41-27-22-34(30-43(41)52-42)31-18-23-36(24-19-31)51(35-12-5-2-6-13-35)37-25-20-32(21-26-37)38-15-9-16-40-39-14-7-8-17-44(39)53-48(38)40/h1-30H. The minimum Gasteiger partial charge on any atom is -0.456 e. The summed E-state index contributed by atoms with van der Waals surface area (Å²) in [5.41, 5.74) is 11.9. The second-order valence-electron chi connectivity index (χ2n) is 13.5. The highest BCUT2D eigenvalue weighted by molar-refractivity contribution is 7.26. The van der Waals surface area contributed by atoms with Gasteiger partial charge in [-0.2, -0.15) is 0 Å². The Morgan fingerprint density at radius 2 is 1.09 bits per heavy atom. The van der Waals surface area contributed by atoms with E-state index in [1.54, 1.807) is 11.3 Å². The van der Waals surface area contributed by atoms with Gasteiger partial charge in [0.25, 0.3) is 0 Å². The molecule has 11 aromatic rings. The molecule has 0 atom stereocenters. The average Bonchev–Trinajstić information content (AvgIpc) is 3.95. The van der Waals surface area contributed by atoms with E-state index in [4.69, 9.17) is 9.40 Å². The first-order chi connectivity index (χ1) is 26.7. The first kappa shape index (κ1) is 31.0. The van der Waals surface area contributed by atoms with E-state index in [2.05, 4.69) is 181 Å². The number of thiophene rings is 1. The number of furan rings is 1. The van der Waals surface area contributed by atoms with Gasteiger partial charge in [-0.15, -0.1) is 22.7 Å². The number of aromatic nitrogens is 1. The predicted molar refractivity (Wildman–Crippen MR) is 231 cm³/mol. The molecule has 0 amide bonds. The number of thiazole rings is 1. The molecule has 0 radical (unpaired) electrons. The van der Waals surface area contributed by atoms with Crippen LogP contribution in [-0.4, -0.2) is 4.98 Å². The van der Waals surface area contributed by atoms with E-state index in [-0.39, 0.29) is 0 Å². The highest BCUT2D eigenvalue weighted by Gasteiger charge is 2.18. The first-order valence-corrected chi connectivity index (χ1v) is 19.7. The van der Waals surface area contributed by atoms with Crippen molar-refractivity contribution in [2.24, 2.45) is 0 Å². The number of hydrogen-bond acceptors (Lipinski definition) is 5. The maximum atomic E-state index is 6.45. The Morgan fingerprint density at radius 1 is 0.426 bits per heavy atom. The zero-order valence-electron chi connectivity index (χ0n) is 28.9. The second kappa shape index (κ2) is 12.6. The summed E-state index contributed by atoms with van der Waals surface area (Å²) in [7, 11) is 0. The lowest BCUT2D eigenvalue weighted by Gasteiger charge is -2.26. The molecule has 0 N–H and O–H groups in total. The Morgan fingerprint density at radius 3 is 1.89 bits per heavy atom. The molecule has 0 aliphatic rings. The molecule has 0 unspecified atom stereocenters. The number of fused-ring (bicyclic) bond motifs is 8. The van der Waals surface area contributed by atoms with Crippen LogP contribution in [0.2, 0.25) is 0 Å². The second-order valence-corrected chi connectivity index (χ2v) is 15.6. The lowest BCUT2D eigenvalue weighted by molar-refractivity contribution is 0.669. The van der Waals surface area contributed by atoms with E-state index < -0.39 is 0 Å². The molecule has 0 fully saturated rings. The van der Waals surface area contributed by atoms with Gasteiger partial charge in [-0.3, -0.25) is 0 Å². The average molecular weight is 727 g/mol. The number of para-hydroxylation sites is 1. The fourth-order valence-electron chi connectivity index (χ4n) is 7.73. The Bertz CT molecular complexity index is 3140. The highest BCUT2D eigenvalue weighted by atomic mass is 32.1. The van der Waals surface area contributed by atoms with E-state index >= 15 is 0 Å². The summed E-state index contributed by atoms with van der Waals surface area (Å²) in [6.45, 7) is 0. The van der Waals surface area contributed by atoms with E-state index in [1.807, 2.05) is 17.4 Å². The monoisotopic (exact) mass is 726 g/mol. The molecule has 11 rings (SSSR count). The normalized spacial score (nSPS) is 11.7. The Balaban J connectivity index is 0.937. The number of nitrogens with zero attached hydrogens (tertiary/aromatic N) is 2. The van der Waals surface area contributed by atoms with E-state index in [0.717, 1.165) is 70.9 Å². The molecule has 0 aliphatic heterocycles. The van der Waals surface area contributed by atoms with E-state index in [0.29, 0.717) is 0 Å². The molecule has 5 heteroatoms. The zero-order chi connectivity index (χ0) is 35.6. The number of hydrogen-bond donors (Lipinski definition) is 0. The van der Waals surface area contributed by atoms with Crippen LogP contribution < -0.4 is 4.90 Å². The maximum absolute atomic E-state index is 6.45. The van der Waals surface area contributed by atoms with Crippen LogP contribution in [0, 0.1) is 0 Å². The van der Waals surface area contributed by atoms with Crippen LogP contribution in [0.4, 0.5) is 17.1 Å². The van der Waals surface area contributed by atoms with E-state index in [1.165, 1.54) is 31.3 Å². The van der Waals surface area contributed by atoms with Gasteiger partial charge >= 0.3 is 0 Å². The summed E-state index contributed by atoms with van der Waals surface area (Å²) in [5.74, 6) is 0. The zero-order valence-corrected chi connectivity index (χ0v) is 30.6. The lowest BCUT2D eigenvalue weighted by atomic mass is 10.0. The van der Waals surface area contributed by atoms with Crippen molar-refractivity contribution in [2.45, 2.75) is 0 Å². The van der Waals surface area contributed by atoms with Crippen LogP contribution in [0.3, 0.4) is 0 Å². The number of rotatable bonds is 6. The molecule has 0 spiro atoms. The third-order valence-electron chi connectivity index (χ3n) is 10.3. The van der Waals surface area contributed by atoms with Crippen molar-refractivity contribution in [3.63, 3.8) is 0 Å². The van der Waals surface area contributed by atoms with Crippen molar-refractivity contribution in [2.75, 3.05) is 4.90 Å². The van der Waals surface area contributed by atoms with Gasteiger partial charge < -0.3 is 9.32 Å². The van der Waals surface area contributed by atoms with Crippen LogP contribution in [0.15, 0.2) is 186 Å². The number of anilines is 3. The van der Waals surface area contributed by atoms with Crippen molar-refractivity contribution >= 4 is 92.1 Å². The summed E-state index contributed by atoms with van der Waals surface area (Å²) in [6.07, 6.45) is 0. The Labute approximate surface area is 319 Å². The largest absolute Gasteiger partial charge is 0.456 e. The van der Waals surface area contributed by atoms with Crippen LogP contribution in [0.5, 0.6) is 0 Å². The molecule has 0 saturated carbocycles. The van der Waals surface area contributed by atoms with Gasteiger partial charge in [-0.25, -0.2) is 4.98 Å². The van der Waals surface area contributed by atoms with Gasteiger partial charge in [0.1, 0.15) is 16.2 Å². The predicted octanol–water partition coefficient (Wildman–Crippen LogP) is 15.0. The molecule has 8 aromatic carbocycles. The summed E-state index contributed by atoms with van der Waals surface area (Å²) in [5, 5.41) is 5.82. The van der Waals surface area contributed by atoms with Crippen molar-refractivity contribution in [3.8, 4) is 32.8 Å². The number of benzene rings is 8. The third-order valence-corrected chi connectivity index (χ3v) is 12.6. The van der Waals surface area contributed by atoms with Gasteiger partial charge in [0.05, 0.1) is 15.6 Å². The molecule has 3 nitrogen and oxygen atoms in total. The van der Waals surface area contributed by atoms with Gasteiger partial charge in [0.15, 0.2) is 0 Å². The molecule has 0 saturated heterocycles. The van der Waals surface area contributed by atoms with E-state index in [9.17, 15) is 0 Å².